The minimum Gasteiger partial charge on any atom is -0.476 e. The third-order valence-electron chi connectivity index (χ3n) is 3.54. The van der Waals surface area contributed by atoms with Gasteiger partial charge < -0.3 is 5.11 Å². The van der Waals surface area contributed by atoms with Crippen molar-refractivity contribution >= 4 is 17.3 Å². The van der Waals surface area contributed by atoms with E-state index in [2.05, 4.69) is 23.7 Å². The van der Waals surface area contributed by atoms with Gasteiger partial charge in [-0.3, -0.25) is 4.90 Å². The van der Waals surface area contributed by atoms with E-state index in [0.29, 0.717) is 5.92 Å². The predicted molar refractivity (Wildman–Crippen MR) is 67.3 cm³/mol. The standard InChI is InChI=1S/C12H18N2O2S/c1-8-3-4-14(5-9(8)2)6-10-7-17-11(13-10)12(15)16/h7-9H,3-6H2,1-2H3,(H,15,16). The molecule has 0 saturated carbocycles. The molecule has 0 radical (unpaired) electrons. The number of piperidine rings is 1. The zero-order chi connectivity index (χ0) is 12.4. The normalized spacial score (nSPS) is 26.0. The SMILES string of the molecule is CC1CCN(Cc2csc(C(=O)O)n2)CC1C. The van der Waals surface area contributed by atoms with Crippen LogP contribution in [-0.4, -0.2) is 34.0 Å². The fourth-order valence-corrected chi connectivity index (χ4v) is 2.85. The summed E-state index contributed by atoms with van der Waals surface area (Å²) >= 11 is 1.21. The van der Waals surface area contributed by atoms with Gasteiger partial charge in [-0.2, -0.15) is 0 Å². The lowest BCUT2D eigenvalue weighted by molar-refractivity contribution is 0.0695. The van der Waals surface area contributed by atoms with Crippen LogP contribution in [0.1, 0.15) is 35.8 Å². The largest absolute Gasteiger partial charge is 0.476 e. The van der Waals surface area contributed by atoms with E-state index in [4.69, 9.17) is 5.11 Å². The third-order valence-corrected chi connectivity index (χ3v) is 4.42. The molecule has 0 amide bonds. The van der Waals surface area contributed by atoms with Crippen molar-refractivity contribution in [1.82, 2.24) is 9.88 Å². The zero-order valence-electron chi connectivity index (χ0n) is 10.2. The van der Waals surface area contributed by atoms with Crippen molar-refractivity contribution in [3.63, 3.8) is 0 Å². The Bertz CT molecular complexity index is 405. The van der Waals surface area contributed by atoms with E-state index in [1.165, 1.54) is 17.8 Å². The quantitative estimate of drug-likeness (QED) is 0.899. The fraction of sp³-hybridized carbons (Fsp3) is 0.667. The van der Waals surface area contributed by atoms with E-state index in [0.717, 1.165) is 31.2 Å². The molecule has 1 aromatic heterocycles. The van der Waals surface area contributed by atoms with E-state index in [9.17, 15) is 4.79 Å². The van der Waals surface area contributed by atoms with Gasteiger partial charge in [0.2, 0.25) is 5.01 Å². The second-order valence-electron chi connectivity index (χ2n) is 4.93. The maximum Gasteiger partial charge on any atom is 0.365 e. The van der Waals surface area contributed by atoms with Crippen molar-refractivity contribution in [2.75, 3.05) is 13.1 Å². The summed E-state index contributed by atoms with van der Waals surface area (Å²) in [6.07, 6.45) is 1.22. The van der Waals surface area contributed by atoms with Crippen molar-refractivity contribution in [3.05, 3.63) is 16.1 Å². The molecule has 0 aromatic carbocycles. The lowest BCUT2D eigenvalue weighted by Gasteiger charge is -2.34. The maximum atomic E-state index is 10.7. The Morgan fingerprint density at radius 2 is 2.35 bits per heavy atom. The topological polar surface area (TPSA) is 53.4 Å². The minimum atomic E-state index is -0.929. The molecule has 1 aliphatic heterocycles. The van der Waals surface area contributed by atoms with Gasteiger partial charge in [0.25, 0.3) is 0 Å². The van der Waals surface area contributed by atoms with Gasteiger partial charge in [0.05, 0.1) is 5.69 Å². The van der Waals surface area contributed by atoms with E-state index < -0.39 is 5.97 Å². The lowest BCUT2D eigenvalue weighted by atomic mass is 9.89. The summed E-state index contributed by atoms with van der Waals surface area (Å²) in [5.41, 5.74) is 0.883. The fourth-order valence-electron chi connectivity index (χ4n) is 2.20. The predicted octanol–water partition coefficient (Wildman–Crippen LogP) is 2.32. The summed E-state index contributed by atoms with van der Waals surface area (Å²) in [7, 11) is 0. The second kappa shape index (κ2) is 5.14. The molecule has 0 bridgehead atoms. The minimum absolute atomic E-state index is 0.193. The first-order valence-electron chi connectivity index (χ1n) is 5.96. The molecule has 2 atom stereocenters. The van der Waals surface area contributed by atoms with Crippen LogP contribution >= 0.6 is 11.3 Å². The second-order valence-corrected chi connectivity index (χ2v) is 5.79. The van der Waals surface area contributed by atoms with Crippen LogP contribution in [0.5, 0.6) is 0 Å². The smallest absolute Gasteiger partial charge is 0.365 e. The van der Waals surface area contributed by atoms with Crippen LogP contribution in [0.2, 0.25) is 0 Å². The molecule has 1 saturated heterocycles. The average molecular weight is 254 g/mol. The van der Waals surface area contributed by atoms with Crippen molar-refractivity contribution in [3.8, 4) is 0 Å². The van der Waals surface area contributed by atoms with Crippen LogP contribution in [0.25, 0.3) is 0 Å². The van der Waals surface area contributed by atoms with Crippen LogP contribution in [0.4, 0.5) is 0 Å². The highest BCUT2D eigenvalue weighted by Crippen LogP contribution is 2.23. The number of aromatic nitrogens is 1. The van der Waals surface area contributed by atoms with Crippen molar-refractivity contribution < 1.29 is 9.90 Å². The van der Waals surface area contributed by atoms with E-state index in [1.807, 2.05) is 5.38 Å². The molecule has 1 aliphatic rings. The molecule has 2 rings (SSSR count). The first-order valence-corrected chi connectivity index (χ1v) is 6.84. The Morgan fingerprint density at radius 3 is 2.94 bits per heavy atom. The van der Waals surface area contributed by atoms with E-state index in [-0.39, 0.29) is 5.01 Å². The summed E-state index contributed by atoms with van der Waals surface area (Å²) in [5, 5.41) is 10.9. The number of likely N-dealkylation sites (tertiary alicyclic amines) is 1. The number of carboxylic acid groups (broad SMARTS) is 1. The Hall–Kier alpha value is -0.940. The number of thiazole rings is 1. The molecule has 2 unspecified atom stereocenters. The molecule has 0 aliphatic carbocycles. The summed E-state index contributed by atoms with van der Waals surface area (Å²) < 4.78 is 0. The molecular formula is C12H18N2O2S. The van der Waals surface area contributed by atoms with E-state index >= 15 is 0 Å². The van der Waals surface area contributed by atoms with Crippen LogP contribution in [0, 0.1) is 11.8 Å². The van der Waals surface area contributed by atoms with Gasteiger partial charge in [-0.15, -0.1) is 11.3 Å². The van der Waals surface area contributed by atoms with Crippen molar-refractivity contribution in [2.24, 2.45) is 11.8 Å². The number of carbonyl (C=O) groups is 1. The van der Waals surface area contributed by atoms with Gasteiger partial charge in [0, 0.05) is 18.5 Å². The monoisotopic (exact) mass is 254 g/mol. The van der Waals surface area contributed by atoms with Crippen molar-refractivity contribution in [1.29, 1.82) is 0 Å². The third kappa shape index (κ3) is 3.04. The first kappa shape index (κ1) is 12.5. The number of hydrogen-bond donors (Lipinski definition) is 1. The Morgan fingerprint density at radius 1 is 1.59 bits per heavy atom. The van der Waals surface area contributed by atoms with Gasteiger partial charge in [-0.05, 0) is 24.8 Å². The van der Waals surface area contributed by atoms with Gasteiger partial charge in [0.15, 0.2) is 0 Å². The highest BCUT2D eigenvalue weighted by Gasteiger charge is 2.23. The molecule has 17 heavy (non-hydrogen) atoms. The van der Waals surface area contributed by atoms with Gasteiger partial charge in [0.1, 0.15) is 0 Å². The molecule has 0 spiro atoms. The molecule has 4 nitrogen and oxygen atoms in total. The number of rotatable bonds is 3. The van der Waals surface area contributed by atoms with Crippen LogP contribution in [0.3, 0.4) is 0 Å². The number of carboxylic acids is 1. The maximum absolute atomic E-state index is 10.7. The summed E-state index contributed by atoms with van der Waals surface area (Å²) in [5.74, 6) is 0.569. The number of nitrogens with zero attached hydrogens (tertiary/aromatic N) is 2. The Kier molecular flexibility index (Phi) is 3.79. The van der Waals surface area contributed by atoms with Gasteiger partial charge in [-0.25, -0.2) is 9.78 Å². The van der Waals surface area contributed by atoms with Gasteiger partial charge in [-0.1, -0.05) is 13.8 Å². The van der Waals surface area contributed by atoms with Crippen LogP contribution in [-0.2, 0) is 6.54 Å². The summed E-state index contributed by atoms with van der Waals surface area (Å²) in [4.78, 5) is 17.2. The number of aromatic carboxylic acids is 1. The molecule has 94 valence electrons. The Balaban J connectivity index is 1.94. The Labute approximate surface area is 105 Å². The highest BCUT2D eigenvalue weighted by atomic mass is 32.1. The summed E-state index contributed by atoms with van der Waals surface area (Å²) in [6, 6.07) is 0. The van der Waals surface area contributed by atoms with Crippen LogP contribution in [0.15, 0.2) is 5.38 Å². The lowest BCUT2D eigenvalue weighted by Crippen LogP contribution is -2.37. The van der Waals surface area contributed by atoms with Gasteiger partial charge >= 0.3 is 5.97 Å². The van der Waals surface area contributed by atoms with Crippen LogP contribution < -0.4 is 0 Å². The summed E-state index contributed by atoms with van der Waals surface area (Å²) in [6.45, 7) is 7.53. The number of hydrogen-bond acceptors (Lipinski definition) is 4. The van der Waals surface area contributed by atoms with Crippen molar-refractivity contribution in [2.45, 2.75) is 26.8 Å². The molecule has 1 N–H and O–H groups in total. The molecular weight excluding hydrogens is 236 g/mol. The molecule has 2 heterocycles. The average Bonchev–Trinajstić information content (AvgIpc) is 2.72. The zero-order valence-corrected chi connectivity index (χ0v) is 11.0. The first-order chi connectivity index (χ1) is 8.06. The molecule has 5 heteroatoms. The molecule has 1 aromatic rings. The van der Waals surface area contributed by atoms with E-state index in [1.54, 1.807) is 0 Å². The highest BCUT2D eigenvalue weighted by molar-refractivity contribution is 7.11. The molecule has 1 fully saturated rings.